The summed E-state index contributed by atoms with van der Waals surface area (Å²) in [7, 11) is 2.22. The van der Waals surface area contributed by atoms with Gasteiger partial charge in [-0.1, -0.05) is 35.9 Å². The fourth-order valence-corrected chi connectivity index (χ4v) is 3.94. The number of fused-ring (bicyclic) bond motifs is 2. The molecule has 1 aromatic carbocycles. The largest absolute Gasteiger partial charge is 0.306 e. The van der Waals surface area contributed by atoms with Gasteiger partial charge in [0, 0.05) is 24.9 Å². The Balaban J connectivity index is 1.93. The lowest BCUT2D eigenvalue weighted by atomic mass is 9.83. The first-order valence-electron chi connectivity index (χ1n) is 8.76. The summed E-state index contributed by atoms with van der Waals surface area (Å²) < 4.78 is 0. The fourth-order valence-electron chi connectivity index (χ4n) is 3.94. The summed E-state index contributed by atoms with van der Waals surface area (Å²) in [4.78, 5) is 7.25. The normalized spacial score (nSPS) is 18.8. The molecule has 4 rings (SSSR count). The Morgan fingerprint density at radius 1 is 0.870 bits per heavy atom. The van der Waals surface area contributed by atoms with Crippen LogP contribution in [0, 0.1) is 0 Å². The van der Waals surface area contributed by atoms with Crippen LogP contribution < -0.4 is 0 Å². The van der Waals surface area contributed by atoms with Crippen LogP contribution in [0.1, 0.15) is 41.6 Å². The Hall–Kier alpha value is -1.93. The third-order valence-electron chi connectivity index (χ3n) is 5.25. The number of hydrogen-bond acceptors (Lipinski definition) is 2. The van der Waals surface area contributed by atoms with Crippen molar-refractivity contribution in [3.63, 3.8) is 0 Å². The quantitative estimate of drug-likeness (QED) is 0.728. The average molecular weight is 304 g/mol. The fraction of sp³-hybridized carbons (Fsp3) is 0.381. The first kappa shape index (κ1) is 14.6. The minimum atomic E-state index is 1.13. The van der Waals surface area contributed by atoms with Crippen LogP contribution in [0.3, 0.4) is 0 Å². The van der Waals surface area contributed by atoms with E-state index in [-0.39, 0.29) is 0 Å². The topological polar surface area (TPSA) is 16.1 Å². The molecular weight excluding hydrogens is 280 g/mol. The second kappa shape index (κ2) is 6.29. The van der Waals surface area contributed by atoms with Crippen molar-refractivity contribution in [2.45, 2.75) is 32.1 Å². The molecule has 0 atom stereocenters. The second-order valence-corrected chi connectivity index (χ2v) is 6.80. The lowest BCUT2D eigenvalue weighted by Crippen LogP contribution is -2.27. The molecule has 0 radical (unpaired) electrons. The van der Waals surface area contributed by atoms with Crippen molar-refractivity contribution in [1.82, 2.24) is 9.88 Å². The zero-order chi connectivity index (χ0) is 15.6. The summed E-state index contributed by atoms with van der Waals surface area (Å²) in [6, 6.07) is 13.3. The van der Waals surface area contributed by atoms with Gasteiger partial charge in [0.2, 0.25) is 0 Å². The zero-order valence-electron chi connectivity index (χ0n) is 13.9. The van der Waals surface area contributed by atoms with E-state index in [0.29, 0.717) is 0 Å². The first-order valence-corrected chi connectivity index (χ1v) is 8.76. The van der Waals surface area contributed by atoms with Gasteiger partial charge >= 0.3 is 0 Å². The van der Waals surface area contributed by atoms with E-state index >= 15 is 0 Å². The van der Waals surface area contributed by atoms with Gasteiger partial charge in [0.1, 0.15) is 0 Å². The highest BCUT2D eigenvalue weighted by Gasteiger charge is 2.22. The van der Waals surface area contributed by atoms with Crippen LogP contribution in [0.25, 0.3) is 5.57 Å². The van der Waals surface area contributed by atoms with Gasteiger partial charge in [0.15, 0.2) is 0 Å². The average Bonchev–Trinajstić information content (AvgIpc) is 2.57. The molecule has 0 saturated carbocycles. The van der Waals surface area contributed by atoms with E-state index in [0.717, 1.165) is 32.4 Å². The summed E-state index contributed by atoms with van der Waals surface area (Å²) in [5.74, 6) is 0. The van der Waals surface area contributed by atoms with Crippen molar-refractivity contribution in [2.24, 2.45) is 0 Å². The Labute approximate surface area is 138 Å². The molecule has 2 aromatic rings. The van der Waals surface area contributed by atoms with Crippen LogP contribution in [-0.4, -0.2) is 30.0 Å². The van der Waals surface area contributed by atoms with Gasteiger partial charge in [-0.2, -0.15) is 0 Å². The van der Waals surface area contributed by atoms with Crippen LogP contribution in [0.15, 0.2) is 48.2 Å². The zero-order valence-corrected chi connectivity index (χ0v) is 13.9. The molecule has 0 N–H and O–H groups in total. The van der Waals surface area contributed by atoms with Crippen LogP contribution in [0.2, 0.25) is 0 Å². The number of hydrogen-bond donors (Lipinski definition) is 0. The molecule has 2 nitrogen and oxygen atoms in total. The molecule has 118 valence electrons. The SMILES string of the molecule is CN1CCC(=C2c3ccccc3CCCc3cccnc32)CC1. The maximum absolute atomic E-state index is 4.82. The van der Waals surface area contributed by atoms with Crippen LogP contribution in [-0.2, 0) is 12.8 Å². The summed E-state index contributed by atoms with van der Waals surface area (Å²) >= 11 is 0. The first-order chi connectivity index (χ1) is 11.3. The Bertz CT molecular complexity index is 686. The van der Waals surface area contributed by atoms with E-state index in [1.807, 2.05) is 6.20 Å². The summed E-state index contributed by atoms with van der Waals surface area (Å²) in [6.45, 7) is 2.31. The molecule has 1 fully saturated rings. The van der Waals surface area contributed by atoms with Crippen molar-refractivity contribution in [1.29, 1.82) is 0 Å². The molecule has 2 heteroatoms. The Morgan fingerprint density at radius 3 is 2.48 bits per heavy atom. The van der Waals surface area contributed by atoms with Gasteiger partial charge in [-0.3, -0.25) is 4.98 Å². The minimum absolute atomic E-state index is 1.13. The monoisotopic (exact) mass is 304 g/mol. The molecule has 2 aliphatic rings. The van der Waals surface area contributed by atoms with Crippen LogP contribution in [0.5, 0.6) is 0 Å². The van der Waals surface area contributed by atoms with Gasteiger partial charge in [0.25, 0.3) is 0 Å². The summed E-state index contributed by atoms with van der Waals surface area (Å²) in [5, 5.41) is 0. The van der Waals surface area contributed by atoms with Crippen LogP contribution in [0.4, 0.5) is 0 Å². The molecule has 0 amide bonds. The number of nitrogens with zero attached hydrogens (tertiary/aromatic N) is 2. The number of likely N-dealkylation sites (tertiary alicyclic amines) is 1. The van der Waals surface area contributed by atoms with E-state index in [2.05, 4.69) is 48.3 Å². The third kappa shape index (κ3) is 2.84. The second-order valence-electron chi connectivity index (χ2n) is 6.80. The van der Waals surface area contributed by atoms with Crippen molar-refractivity contribution < 1.29 is 0 Å². The van der Waals surface area contributed by atoms with E-state index in [1.54, 1.807) is 5.57 Å². The minimum Gasteiger partial charge on any atom is -0.306 e. The third-order valence-corrected chi connectivity index (χ3v) is 5.25. The van der Waals surface area contributed by atoms with Gasteiger partial charge in [-0.15, -0.1) is 0 Å². The molecule has 2 heterocycles. The number of benzene rings is 1. The van der Waals surface area contributed by atoms with Gasteiger partial charge < -0.3 is 4.90 Å². The number of aryl methyl sites for hydroxylation is 2. The Kier molecular flexibility index (Phi) is 4.00. The molecule has 1 aliphatic heterocycles. The molecule has 1 saturated heterocycles. The van der Waals surface area contributed by atoms with E-state index < -0.39 is 0 Å². The van der Waals surface area contributed by atoms with Crippen molar-refractivity contribution >= 4 is 5.57 Å². The lowest BCUT2D eigenvalue weighted by Gasteiger charge is -2.28. The number of rotatable bonds is 0. The number of pyridine rings is 1. The molecule has 0 bridgehead atoms. The number of piperidine rings is 1. The highest BCUT2D eigenvalue weighted by atomic mass is 15.1. The van der Waals surface area contributed by atoms with Crippen molar-refractivity contribution in [2.75, 3.05) is 20.1 Å². The summed E-state index contributed by atoms with van der Waals surface area (Å²) in [6.07, 6.45) is 7.79. The molecule has 1 aliphatic carbocycles. The molecule has 0 spiro atoms. The molecular formula is C21H24N2. The lowest BCUT2D eigenvalue weighted by molar-refractivity contribution is 0.313. The van der Waals surface area contributed by atoms with E-state index in [9.17, 15) is 0 Å². The van der Waals surface area contributed by atoms with Gasteiger partial charge in [-0.25, -0.2) is 0 Å². The van der Waals surface area contributed by atoms with Crippen molar-refractivity contribution in [3.05, 3.63) is 70.6 Å². The molecule has 0 unspecified atom stereocenters. The predicted octanol–water partition coefficient (Wildman–Crippen LogP) is 4.10. The van der Waals surface area contributed by atoms with Crippen molar-refractivity contribution in [3.8, 4) is 0 Å². The van der Waals surface area contributed by atoms with Gasteiger partial charge in [0.05, 0.1) is 5.69 Å². The van der Waals surface area contributed by atoms with E-state index in [4.69, 9.17) is 4.98 Å². The smallest absolute Gasteiger partial charge is 0.0739 e. The highest BCUT2D eigenvalue weighted by Crippen LogP contribution is 2.36. The van der Waals surface area contributed by atoms with E-state index in [1.165, 1.54) is 40.8 Å². The standard InChI is InChI=1S/C21H24N2/c1-23-14-11-17(12-15-23)20-19-10-3-2-6-16(19)7-4-8-18-9-5-13-22-21(18)20/h2-3,5-6,9-10,13H,4,7-8,11-12,14-15H2,1H3. The van der Waals surface area contributed by atoms with Gasteiger partial charge in [-0.05, 0) is 61.9 Å². The molecule has 23 heavy (non-hydrogen) atoms. The van der Waals surface area contributed by atoms with Crippen LogP contribution >= 0.6 is 0 Å². The molecule has 1 aromatic heterocycles. The number of aromatic nitrogens is 1. The maximum Gasteiger partial charge on any atom is 0.0739 e. The maximum atomic E-state index is 4.82. The summed E-state index contributed by atoms with van der Waals surface area (Å²) in [5.41, 5.74) is 8.60. The predicted molar refractivity (Wildman–Crippen MR) is 95.5 cm³/mol. The Morgan fingerprint density at radius 2 is 1.61 bits per heavy atom. The highest BCUT2D eigenvalue weighted by molar-refractivity contribution is 5.83.